The predicted octanol–water partition coefficient (Wildman–Crippen LogP) is 1.79. The van der Waals surface area contributed by atoms with Gasteiger partial charge < -0.3 is 20.6 Å². The molecule has 0 radical (unpaired) electrons. The van der Waals surface area contributed by atoms with Gasteiger partial charge in [0.2, 0.25) is 11.8 Å². The van der Waals surface area contributed by atoms with Crippen LogP contribution in [0.1, 0.15) is 59.1 Å². The number of likely N-dealkylation sites (tertiary alicyclic amines) is 1. The van der Waals surface area contributed by atoms with Gasteiger partial charge in [0, 0.05) is 12.6 Å². The van der Waals surface area contributed by atoms with E-state index in [2.05, 4.69) is 16.0 Å². The molecule has 2 amide bonds. The molecule has 1 heterocycles. The van der Waals surface area contributed by atoms with E-state index in [4.69, 9.17) is 0 Å². The second-order valence-corrected chi connectivity index (χ2v) is 9.30. The van der Waals surface area contributed by atoms with Crippen LogP contribution in [0, 0.1) is 5.41 Å². The number of carbonyl (C=O) groups is 2. The fraction of sp³-hybridized carbons (Fsp3) is 0.652. The van der Waals surface area contributed by atoms with Crippen molar-refractivity contribution in [1.82, 2.24) is 20.9 Å². The Bertz CT molecular complexity index is 704. The van der Waals surface area contributed by atoms with E-state index in [0.29, 0.717) is 6.54 Å². The minimum absolute atomic E-state index is 0.0478. The summed E-state index contributed by atoms with van der Waals surface area (Å²) in [6.07, 6.45) is 0.699. The lowest BCUT2D eigenvalue weighted by atomic mass is 9.85. The van der Waals surface area contributed by atoms with Gasteiger partial charge >= 0.3 is 0 Å². The molecule has 0 bridgehead atoms. The van der Waals surface area contributed by atoms with E-state index < -0.39 is 23.7 Å². The topological polar surface area (TPSA) is 93.7 Å². The number of nitrogens with zero attached hydrogens (tertiary/aromatic N) is 1. The first-order chi connectivity index (χ1) is 14.1. The summed E-state index contributed by atoms with van der Waals surface area (Å²) in [7, 11) is 1.71. The maximum absolute atomic E-state index is 13.5. The quantitative estimate of drug-likeness (QED) is 0.483. The number of carbonyl (C=O) groups excluding carboxylic acids is 2. The van der Waals surface area contributed by atoms with Crippen LogP contribution in [0.5, 0.6) is 0 Å². The zero-order valence-electron chi connectivity index (χ0n) is 19.1. The van der Waals surface area contributed by atoms with Crippen LogP contribution in [0.3, 0.4) is 0 Å². The smallest absolute Gasteiger partial charge is 0.246 e. The molecule has 1 fully saturated rings. The molecule has 5 atom stereocenters. The number of likely N-dealkylation sites (N-methyl/N-ethyl adjacent to an activating group) is 1. The van der Waals surface area contributed by atoms with Gasteiger partial charge in [-0.1, -0.05) is 51.1 Å². The molecule has 30 heavy (non-hydrogen) atoms. The van der Waals surface area contributed by atoms with Crippen LogP contribution in [0.25, 0.3) is 0 Å². The Labute approximate surface area is 180 Å². The minimum Gasteiger partial charge on any atom is -0.376 e. The fourth-order valence-corrected chi connectivity index (χ4v) is 3.81. The molecule has 1 saturated heterocycles. The van der Waals surface area contributed by atoms with Crippen molar-refractivity contribution >= 4 is 11.8 Å². The van der Waals surface area contributed by atoms with Gasteiger partial charge in [-0.2, -0.15) is 0 Å². The van der Waals surface area contributed by atoms with Crippen LogP contribution >= 0.6 is 0 Å². The van der Waals surface area contributed by atoms with Gasteiger partial charge in [0.15, 0.2) is 0 Å². The van der Waals surface area contributed by atoms with E-state index in [1.165, 1.54) is 0 Å². The first-order valence-corrected chi connectivity index (χ1v) is 10.8. The van der Waals surface area contributed by atoms with Gasteiger partial charge in [0.05, 0.1) is 12.1 Å². The molecule has 7 heteroatoms. The van der Waals surface area contributed by atoms with E-state index in [9.17, 15) is 14.7 Å². The second kappa shape index (κ2) is 10.4. The number of rotatable bonds is 8. The highest BCUT2D eigenvalue weighted by Crippen LogP contribution is 2.27. The third-order valence-electron chi connectivity index (χ3n) is 5.89. The number of benzene rings is 1. The average molecular weight is 419 g/mol. The van der Waals surface area contributed by atoms with Crippen LogP contribution < -0.4 is 16.0 Å². The molecule has 1 aromatic carbocycles. The first kappa shape index (κ1) is 24.3. The summed E-state index contributed by atoms with van der Waals surface area (Å²) in [5.41, 5.74) is 0.622. The number of aliphatic hydroxyl groups excluding tert-OH is 1. The zero-order chi connectivity index (χ0) is 22.5. The lowest BCUT2D eigenvalue weighted by Crippen LogP contribution is -2.60. The zero-order valence-corrected chi connectivity index (χ0v) is 19.1. The molecule has 2 rings (SSSR count). The summed E-state index contributed by atoms with van der Waals surface area (Å²) in [4.78, 5) is 27.7. The average Bonchev–Trinajstić information content (AvgIpc) is 3.20. The first-order valence-electron chi connectivity index (χ1n) is 10.8. The molecular formula is C23H38N4O3. The number of nitrogens with one attached hydrogen (secondary N) is 3. The van der Waals surface area contributed by atoms with Crippen molar-refractivity contribution < 1.29 is 14.7 Å². The van der Waals surface area contributed by atoms with Gasteiger partial charge in [-0.25, -0.2) is 0 Å². The number of amides is 2. The highest BCUT2D eigenvalue weighted by molar-refractivity contribution is 5.90. The van der Waals surface area contributed by atoms with E-state index in [0.717, 1.165) is 18.4 Å². The minimum atomic E-state index is -0.848. The molecule has 4 N–H and O–H groups in total. The Morgan fingerprint density at radius 3 is 2.37 bits per heavy atom. The van der Waals surface area contributed by atoms with Crippen molar-refractivity contribution in [3.63, 3.8) is 0 Å². The Morgan fingerprint density at radius 1 is 1.17 bits per heavy atom. The summed E-state index contributed by atoms with van der Waals surface area (Å²) >= 11 is 0. The third-order valence-corrected chi connectivity index (χ3v) is 5.89. The molecule has 0 spiro atoms. The second-order valence-electron chi connectivity index (χ2n) is 9.30. The third kappa shape index (κ3) is 6.03. The molecule has 1 aromatic rings. The van der Waals surface area contributed by atoms with E-state index >= 15 is 0 Å². The lowest BCUT2D eigenvalue weighted by molar-refractivity contribution is -0.142. The van der Waals surface area contributed by atoms with Crippen molar-refractivity contribution in [2.45, 2.75) is 77.9 Å². The van der Waals surface area contributed by atoms with Gasteiger partial charge in [0.25, 0.3) is 0 Å². The van der Waals surface area contributed by atoms with Crippen LogP contribution in [-0.4, -0.2) is 59.8 Å². The van der Waals surface area contributed by atoms with Crippen LogP contribution in [0.15, 0.2) is 30.3 Å². The molecule has 7 nitrogen and oxygen atoms in total. The van der Waals surface area contributed by atoms with Crippen LogP contribution in [-0.2, 0) is 9.59 Å². The lowest BCUT2D eigenvalue weighted by Gasteiger charge is -2.38. The molecule has 1 aliphatic heterocycles. The van der Waals surface area contributed by atoms with Crippen molar-refractivity contribution in [2.24, 2.45) is 5.41 Å². The number of hydrogen-bond acceptors (Lipinski definition) is 5. The Kier molecular flexibility index (Phi) is 8.41. The maximum Gasteiger partial charge on any atom is 0.246 e. The molecule has 1 unspecified atom stereocenters. The van der Waals surface area contributed by atoms with Crippen molar-refractivity contribution in [1.29, 1.82) is 0 Å². The van der Waals surface area contributed by atoms with Crippen molar-refractivity contribution in [2.75, 3.05) is 13.6 Å². The SMILES string of the molecule is CN[C@@H](C)C(=O)N[C@H](C(=O)N1CCC[C@H]1C(O)N[C@H](C)c1ccccc1)C(C)(C)C. The fourth-order valence-electron chi connectivity index (χ4n) is 3.81. The largest absolute Gasteiger partial charge is 0.376 e. The number of hydrogen-bond donors (Lipinski definition) is 4. The number of aliphatic hydroxyl groups is 1. The molecule has 0 saturated carbocycles. The van der Waals surface area contributed by atoms with Crippen molar-refractivity contribution in [3.05, 3.63) is 35.9 Å². The summed E-state index contributed by atoms with van der Waals surface area (Å²) < 4.78 is 0. The van der Waals surface area contributed by atoms with E-state index in [1.54, 1.807) is 18.9 Å². The normalized spacial score (nSPS) is 21.0. The molecule has 0 aromatic heterocycles. The van der Waals surface area contributed by atoms with E-state index in [1.807, 2.05) is 58.0 Å². The van der Waals surface area contributed by atoms with Gasteiger partial charge in [0.1, 0.15) is 12.3 Å². The van der Waals surface area contributed by atoms with Crippen molar-refractivity contribution in [3.8, 4) is 0 Å². The maximum atomic E-state index is 13.5. The molecule has 168 valence electrons. The summed E-state index contributed by atoms with van der Waals surface area (Å²) in [5.74, 6) is -0.354. The van der Waals surface area contributed by atoms with E-state index in [-0.39, 0.29) is 23.9 Å². The Balaban J connectivity index is 2.12. The Hall–Kier alpha value is -1.96. The summed E-state index contributed by atoms with van der Waals surface area (Å²) in [6, 6.07) is 8.48. The predicted molar refractivity (Wildman–Crippen MR) is 119 cm³/mol. The Morgan fingerprint density at radius 2 is 1.80 bits per heavy atom. The van der Waals surface area contributed by atoms with Gasteiger partial charge in [-0.3, -0.25) is 14.9 Å². The highest BCUT2D eigenvalue weighted by Gasteiger charge is 2.42. The van der Waals surface area contributed by atoms with Crippen LogP contribution in [0.2, 0.25) is 0 Å². The van der Waals surface area contributed by atoms with Crippen LogP contribution in [0.4, 0.5) is 0 Å². The molecule has 1 aliphatic rings. The highest BCUT2D eigenvalue weighted by atomic mass is 16.3. The standard InChI is InChI=1S/C23H38N4O3/c1-15(17-11-8-7-9-12-17)25-21(29)18-13-10-14-27(18)22(30)19(23(3,4)5)26-20(28)16(2)24-6/h7-9,11-12,15-16,18-19,21,24-25,29H,10,13-14H2,1-6H3,(H,26,28)/t15-,16+,18+,19-,21?/m1/s1. The monoisotopic (exact) mass is 418 g/mol. The van der Waals surface area contributed by atoms with Gasteiger partial charge in [-0.15, -0.1) is 0 Å². The molecular weight excluding hydrogens is 380 g/mol. The summed E-state index contributed by atoms with van der Waals surface area (Å²) in [6.45, 7) is 10.2. The van der Waals surface area contributed by atoms with Gasteiger partial charge in [-0.05, 0) is 44.7 Å². The molecule has 0 aliphatic carbocycles. The summed E-state index contributed by atoms with van der Waals surface area (Å²) in [5, 5.41) is 19.9.